The Morgan fingerprint density at radius 1 is 1.10 bits per heavy atom. The molecule has 0 radical (unpaired) electrons. The van der Waals surface area contributed by atoms with E-state index in [1.54, 1.807) is 0 Å². The van der Waals surface area contributed by atoms with Crippen molar-refractivity contribution in [3.05, 3.63) is 0 Å². The van der Waals surface area contributed by atoms with Gasteiger partial charge in [-0.05, 0) is 0 Å². The molecule has 0 aliphatic carbocycles. The van der Waals surface area contributed by atoms with Crippen LogP contribution < -0.4 is 0 Å². The van der Waals surface area contributed by atoms with Crippen LogP contribution in [0.1, 0.15) is 13.3 Å². The third-order valence-corrected chi connectivity index (χ3v) is 5.94. The van der Waals surface area contributed by atoms with Crippen molar-refractivity contribution in [2.24, 2.45) is 0 Å². The molecule has 0 aromatic rings. The molecule has 0 aliphatic rings. The summed E-state index contributed by atoms with van der Waals surface area (Å²) >= 11 is 0. The fourth-order valence-electron chi connectivity index (χ4n) is 1.31. The SMILES string of the molecule is CCCP(C)(C)(C)CCO. The minimum atomic E-state index is -1.41. The van der Waals surface area contributed by atoms with Gasteiger partial charge in [0.15, 0.2) is 0 Å². The van der Waals surface area contributed by atoms with Gasteiger partial charge in [-0.2, -0.15) is 0 Å². The van der Waals surface area contributed by atoms with E-state index in [1.807, 2.05) is 0 Å². The van der Waals surface area contributed by atoms with Gasteiger partial charge in [-0.15, -0.1) is 0 Å². The van der Waals surface area contributed by atoms with Gasteiger partial charge in [0.1, 0.15) is 0 Å². The molecule has 0 saturated carbocycles. The van der Waals surface area contributed by atoms with Crippen LogP contribution in [0.15, 0.2) is 0 Å². The molecule has 2 heteroatoms. The fourth-order valence-corrected chi connectivity index (χ4v) is 3.93. The van der Waals surface area contributed by atoms with Crippen LogP contribution in [0.2, 0.25) is 0 Å². The van der Waals surface area contributed by atoms with Crippen molar-refractivity contribution in [3.63, 3.8) is 0 Å². The van der Waals surface area contributed by atoms with Crippen LogP contribution in [0.5, 0.6) is 0 Å². The van der Waals surface area contributed by atoms with Crippen LogP contribution in [0.25, 0.3) is 0 Å². The molecule has 1 nitrogen and oxygen atoms in total. The van der Waals surface area contributed by atoms with Crippen LogP contribution in [-0.2, 0) is 0 Å². The number of hydrogen-bond donors (Lipinski definition) is 1. The Kier molecular flexibility index (Phi) is 3.32. The zero-order valence-corrected chi connectivity index (χ0v) is 8.62. The van der Waals surface area contributed by atoms with Gasteiger partial charge in [-0.1, -0.05) is 0 Å². The predicted molar refractivity (Wildman–Crippen MR) is 51.8 cm³/mol. The Bertz CT molecular complexity index is 91.6. The van der Waals surface area contributed by atoms with Crippen LogP contribution in [0, 0.1) is 0 Å². The molecular weight excluding hydrogens is 143 g/mol. The van der Waals surface area contributed by atoms with Crippen molar-refractivity contribution < 1.29 is 5.11 Å². The summed E-state index contributed by atoms with van der Waals surface area (Å²) in [5.74, 6) is 0. The van der Waals surface area contributed by atoms with E-state index >= 15 is 0 Å². The summed E-state index contributed by atoms with van der Waals surface area (Å²) in [7, 11) is 0. The third kappa shape index (κ3) is 4.24. The van der Waals surface area contributed by atoms with E-state index in [2.05, 4.69) is 26.9 Å². The molecule has 0 atom stereocenters. The standard InChI is InChI=1S/C8H21OP/c1-5-7-10(2,3,4)8-6-9/h9H,5-8H2,1-4H3. The van der Waals surface area contributed by atoms with Crippen molar-refractivity contribution in [1.82, 2.24) is 0 Å². The van der Waals surface area contributed by atoms with Crippen LogP contribution in [0.4, 0.5) is 0 Å². The molecule has 64 valence electrons. The third-order valence-electron chi connectivity index (χ3n) is 1.98. The average Bonchev–Trinajstić information content (AvgIpc) is 1.61. The molecule has 0 amide bonds. The summed E-state index contributed by atoms with van der Waals surface area (Å²) in [5.41, 5.74) is 0. The van der Waals surface area contributed by atoms with Gasteiger partial charge in [-0.25, -0.2) is 0 Å². The fraction of sp³-hybridized carbons (Fsp3) is 1.00. The maximum absolute atomic E-state index is 8.83. The molecule has 1 N–H and O–H groups in total. The Morgan fingerprint density at radius 3 is 1.90 bits per heavy atom. The molecule has 0 saturated heterocycles. The van der Waals surface area contributed by atoms with E-state index in [9.17, 15) is 0 Å². The monoisotopic (exact) mass is 164 g/mol. The number of aliphatic hydroxyl groups excluding tert-OH is 1. The van der Waals surface area contributed by atoms with E-state index in [-0.39, 0.29) is 0 Å². The van der Waals surface area contributed by atoms with Gasteiger partial charge in [-0.3, -0.25) is 0 Å². The summed E-state index contributed by atoms with van der Waals surface area (Å²) in [6, 6.07) is 0. The van der Waals surface area contributed by atoms with Gasteiger partial charge in [0, 0.05) is 0 Å². The molecule has 0 heterocycles. The van der Waals surface area contributed by atoms with Crippen LogP contribution >= 0.6 is 6.60 Å². The van der Waals surface area contributed by atoms with Crippen molar-refractivity contribution in [3.8, 4) is 0 Å². The van der Waals surface area contributed by atoms with E-state index < -0.39 is 6.60 Å². The molecule has 0 aliphatic heterocycles. The Balaban J connectivity index is 3.97. The summed E-state index contributed by atoms with van der Waals surface area (Å²) in [4.78, 5) is 0. The number of hydrogen-bond acceptors (Lipinski definition) is 1. The summed E-state index contributed by atoms with van der Waals surface area (Å²) in [6.07, 6.45) is 3.59. The molecule has 0 spiro atoms. The summed E-state index contributed by atoms with van der Waals surface area (Å²) < 4.78 is 0. The predicted octanol–water partition coefficient (Wildman–Crippen LogP) is 1.83. The van der Waals surface area contributed by atoms with E-state index in [1.165, 1.54) is 12.6 Å². The van der Waals surface area contributed by atoms with Gasteiger partial charge >= 0.3 is 64.0 Å². The molecular formula is C8H21OP. The molecule has 0 rings (SSSR count). The second-order valence-electron chi connectivity index (χ2n) is 4.63. The van der Waals surface area contributed by atoms with Crippen LogP contribution in [-0.4, -0.2) is 44.0 Å². The Labute approximate surface area is 64.8 Å². The Morgan fingerprint density at radius 2 is 1.60 bits per heavy atom. The first-order chi connectivity index (χ1) is 4.39. The zero-order chi connectivity index (χ0) is 8.28. The van der Waals surface area contributed by atoms with Crippen molar-refractivity contribution in [2.75, 3.05) is 38.9 Å². The number of aliphatic hydroxyl groups is 1. The second kappa shape index (κ2) is 3.19. The maximum atomic E-state index is 8.83. The van der Waals surface area contributed by atoms with Crippen molar-refractivity contribution >= 4 is 6.60 Å². The van der Waals surface area contributed by atoms with Crippen molar-refractivity contribution in [1.29, 1.82) is 0 Å². The molecule has 10 heavy (non-hydrogen) atoms. The van der Waals surface area contributed by atoms with E-state index in [4.69, 9.17) is 5.11 Å². The molecule has 0 bridgehead atoms. The first-order valence-corrected chi connectivity index (χ1v) is 7.95. The van der Waals surface area contributed by atoms with E-state index in [0.29, 0.717) is 6.61 Å². The second-order valence-corrected chi connectivity index (χ2v) is 12.5. The van der Waals surface area contributed by atoms with Gasteiger partial charge in [0.25, 0.3) is 0 Å². The average molecular weight is 164 g/mol. The summed E-state index contributed by atoms with van der Waals surface area (Å²) in [6.45, 7) is 8.23. The molecule has 0 unspecified atom stereocenters. The first kappa shape index (κ1) is 10.4. The van der Waals surface area contributed by atoms with Gasteiger partial charge < -0.3 is 0 Å². The number of rotatable bonds is 4. The molecule has 0 aromatic carbocycles. The topological polar surface area (TPSA) is 20.2 Å². The molecule has 0 fully saturated rings. The first-order valence-electron chi connectivity index (χ1n) is 4.00. The van der Waals surface area contributed by atoms with Gasteiger partial charge in [0.2, 0.25) is 0 Å². The molecule has 0 aromatic heterocycles. The van der Waals surface area contributed by atoms with Crippen molar-refractivity contribution in [2.45, 2.75) is 13.3 Å². The minimum absolute atomic E-state index is 0.362. The normalized spacial score (nSPS) is 16.3. The quantitative estimate of drug-likeness (QED) is 0.628. The van der Waals surface area contributed by atoms with E-state index in [0.717, 1.165) is 6.16 Å². The van der Waals surface area contributed by atoms with Gasteiger partial charge in [0.05, 0.1) is 0 Å². The zero-order valence-electron chi connectivity index (χ0n) is 7.72. The summed E-state index contributed by atoms with van der Waals surface area (Å²) in [5, 5.41) is 8.83. The Hall–Kier alpha value is 0.390. The van der Waals surface area contributed by atoms with Crippen LogP contribution in [0.3, 0.4) is 0 Å².